The van der Waals surface area contributed by atoms with Crippen LogP contribution in [0.3, 0.4) is 0 Å². The van der Waals surface area contributed by atoms with Gasteiger partial charge in [-0.2, -0.15) is 15.0 Å². The molecule has 11 nitrogen and oxygen atoms in total. The fourth-order valence-electron chi connectivity index (χ4n) is 6.82. The standard InChI is InChI=1S/C39H60N6O5Si3/c1-51(2)27-28-52(50-53(3,4)5)26-12-25-40-37-43-38(41-31-21-17-29(18-22-31)35(46)48-33-13-8-6-9-14-33)45-39(44-37)42-32-23-19-30(20-24-32)36(47)49-34-15-10-7-11-16-34/h17-24,33-34,51-52H,6-16,25-28H2,1-5H3,(H3,40,41,42,43,44,45). The molecule has 0 amide bonds. The van der Waals surface area contributed by atoms with Gasteiger partial charge in [0.15, 0.2) is 17.4 Å². The monoisotopic (exact) mass is 776 g/mol. The quantitative estimate of drug-likeness (QED) is 0.0648. The van der Waals surface area contributed by atoms with Gasteiger partial charge in [-0.15, -0.1) is 0 Å². The Morgan fingerprint density at radius 1 is 0.660 bits per heavy atom. The van der Waals surface area contributed by atoms with Crippen LogP contribution in [0.5, 0.6) is 0 Å². The van der Waals surface area contributed by atoms with E-state index in [0.717, 1.165) is 81.8 Å². The highest BCUT2D eigenvalue weighted by atomic mass is 28.4. The molecule has 0 saturated heterocycles. The summed E-state index contributed by atoms with van der Waals surface area (Å²) in [6.07, 6.45) is 11.6. The lowest BCUT2D eigenvalue weighted by Crippen LogP contribution is -2.35. The molecular weight excluding hydrogens is 717 g/mol. The number of benzene rings is 2. The van der Waals surface area contributed by atoms with Gasteiger partial charge in [0.25, 0.3) is 0 Å². The molecule has 1 atom stereocenters. The molecule has 1 unspecified atom stereocenters. The van der Waals surface area contributed by atoms with Gasteiger partial charge in [0.05, 0.1) is 11.1 Å². The van der Waals surface area contributed by atoms with Gasteiger partial charge in [0.1, 0.15) is 12.2 Å². The van der Waals surface area contributed by atoms with Crippen molar-refractivity contribution in [1.82, 2.24) is 15.0 Å². The number of anilines is 5. The lowest BCUT2D eigenvalue weighted by atomic mass is 9.98. The number of esters is 2. The zero-order chi connectivity index (χ0) is 37.6. The Labute approximate surface area is 320 Å². The number of rotatable bonds is 18. The normalized spacial score (nSPS) is 16.2. The van der Waals surface area contributed by atoms with Gasteiger partial charge in [0, 0.05) is 26.7 Å². The van der Waals surface area contributed by atoms with E-state index in [2.05, 4.69) is 63.6 Å². The van der Waals surface area contributed by atoms with E-state index in [1.165, 1.54) is 24.9 Å². The van der Waals surface area contributed by atoms with Crippen LogP contribution >= 0.6 is 0 Å². The van der Waals surface area contributed by atoms with Crippen molar-refractivity contribution in [3.63, 3.8) is 0 Å². The number of hydrogen-bond acceptors (Lipinski definition) is 11. The number of carbonyl (C=O) groups is 2. The van der Waals surface area contributed by atoms with Crippen LogP contribution in [0.2, 0.25) is 50.9 Å². The van der Waals surface area contributed by atoms with Crippen molar-refractivity contribution in [3.05, 3.63) is 59.7 Å². The molecule has 2 aromatic carbocycles. The molecule has 5 rings (SSSR count). The van der Waals surface area contributed by atoms with E-state index in [4.69, 9.17) is 13.6 Å². The second-order valence-electron chi connectivity index (χ2n) is 15.9. The average Bonchev–Trinajstić information content (AvgIpc) is 3.13. The summed E-state index contributed by atoms with van der Waals surface area (Å²) in [7, 11) is -3.50. The van der Waals surface area contributed by atoms with Crippen molar-refractivity contribution in [3.8, 4) is 0 Å². The molecule has 14 heteroatoms. The summed E-state index contributed by atoms with van der Waals surface area (Å²) >= 11 is 0. The van der Waals surface area contributed by atoms with E-state index in [1.54, 1.807) is 24.3 Å². The maximum absolute atomic E-state index is 12.8. The third-order valence-electron chi connectivity index (χ3n) is 9.61. The minimum atomic E-state index is -1.59. The lowest BCUT2D eigenvalue weighted by Gasteiger charge is -2.26. The van der Waals surface area contributed by atoms with Crippen molar-refractivity contribution in [2.75, 3.05) is 22.5 Å². The van der Waals surface area contributed by atoms with Gasteiger partial charge in [-0.3, -0.25) is 0 Å². The molecule has 3 N–H and O–H groups in total. The Hall–Kier alpha value is -3.60. The number of nitrogens with one attached hydrogen (secondary N) is 3. The summed E-state index contributed by atoms with van der Waals surface area (Å²) in [6.45, 7) is 12.4. The molecule has 2 aliphatic rings. The van der Waals surface area contributed by atoms with E-state index in [0.29, 0.717) is 29.0 Å². The van der Waals surface area contributed by atoms with Crippen LogP contribution in [0.25, 0.3) is 0 Å². The number of hydrogen-bond donors (Lipinski definition) is 3. The van der Waals surface area contributed by atoms with Crippen molar-refractivity contribution in [2.45, 2.75) is 134 Å². The van der Waals surface area contributed by atoms with Crippen LogP contribution in [-0.2, 0) is 13.6 Å². The summed E-state index contributed by atoms with van der Waals surface area (Å²) in [5.41, 5.74) is 2.50. The molecule has 2 fully saturated rings. The summed E-state index contributed by atoms with van der Waals surface area (Å²) in [5.74, 6) is 0.575. The second kappa shape index (κ2) is 20.2. The van der Waals surface area contributed by atoms with E-state index >= 15 is 0 Å². The molecule has 3 aromatic rings. The van der Waals surface area contributed by atoms with Crippen LogP contribution in [-0.4, -0.2) is 71.8 Å². The van der Waals surface area contributed by atoms with Crippen molar-refractivity contribution in [2.24, 2.45) is 0 Å². The predicted octanol–water partition coefficient (Wildman–Crippen LogP) is 9.20. The molecule has 1 heterocycles. The Bertz CT molecular complexity index is 1500. The highest BCUT2D eigenvalue weighted by molar-refractivity contribution is 6.77. The van der Waals surface area contributed by atoms with E-state index in [1.807, 2.05) is 24.3 Å². The van der Waals surface area contributed by atoms with Crippen molar-refractivity contribution >= 4 is 67.3 Å². The predicted molar refractivity (Wildman–Crippen MR) is 222 cm³/mol. The molecule has 0 bridgehead atoms. The Morgan fingerprint density at radius 2 is 1.11 bits per heavy atom. The zero-order valence-corrected chi connectivity index (χ0v) is 35.7. The average molecular weight is 777 g/mol. The Kier molecular flexibility index (Phi) is 15.5. The van der Waals surface area contributed by atoms with Crippen molar-refractivity contribution in [1.29, 1.82) is 0 Å². The second-order valence-corrected chi connectivity index (χ2v) is 26.9. The summed E-state index contributed by atoms with van der Waals surface area (Å²) in [6, 6.07) is 18.1. The molecule has 1 aromatic heterocycles. The lowest BCUT2D eigenvalue weighted by molar-refractivity contribution is 0.0202. The number of nitrogens with zero attached hydrogens (tertiary/aromatic N) is 3. The van der Waals surface area contributed by atoms with Gasteiger partial charge in [-0.05, 0) is 138 Å². The van der Waals surface area contributed by atoms with Crippen LogP contribution < -0.4 is 16.0 Å². The van der Waals surface area contributed by atoms with Crippen LogP contribution in [0.1, 0.15) is 91.3 Å². The number of aromatic nitrogens is 3. The fraction of sp³-hybridized carbons (Fsp3) is 0.564. The Morgan fingerprint density at radius 3 is 1.55 bits per heavy atom. The molecule has 2 aliphatic carbocycles. The van der Waals surface area contributed by atoms with Gasteiger partial charge < -0.3 is 29.5 Å². The summed E-state index contributed by atoms with van der Waals surface area (Å²) in [5, 5.41) is 9.99. The topological polar surface area (TPSA) is 137 Å². The van der Waals surface area contributed by atoms with E-state index in [9.17, 15) is 9.59 Å². The maximum Gasteiger partial charge on any atom is 0.338 e. The van der Waals surface area contributed by atoms with Crippen LogP contribution in [0, 0.1) is 0 Å². The van der Waals surface area contributed by atoms with Gasteiger partial charge in [-0.1, -0.05) is 32.0 Å². The largest absolute Gasteiger partial charge is 0.459 e. The highest BCUT2D eigenvalue weighted by Gasteiger charge is 2.23. The number of carbonyl (C=O) groups excluding carboxylic acids is 2. The smallest absolute Gasteiger partial charge is 0.338 e. The van der Waals surface area contributed by atoms with Crippen LogP contribution in [0.4, 0.5) is 29.2 Å². The molecule has 288 valence electrons. The molecule has 0 radical (unpaired) electrons. The van der Waals surface area contributed by atoms with Gasteiger partial charge in [-0.25, -0.2) is 9.59 Å². The third kappa shape index (κ3) is 14.3. The molecule has 0 spiro atoms. The molecular formula is C39H60N6O5Si3. The van der Waals surface area contributed by atoms with Gasteiger partial charge >= 0.3 is 11.9 Å². The molecule has 53 heavy (non-hydrogen) atoms. The minimum Gasteiger partial charge on any atom is -0.459 e. The first-order valence-electron chi connectivity index (χ1n) is 19.8. The Balaban J connectivity index is 1.25. The van der Waals surface area contributed by atoms with E-state index < -0.39 is 26.2 Å². The number of ether oxygens (including phenoxy) is 2. The maximum atomic E-state index is 12.8. The summed E-state index contributed by atoms with van der Waals surface area (Å²) < 4.78 is 18.2. The van der Waals surface area contributed by atoms with Crippen molar-refractivity contribution < 1.29 is 23.2 Å². The van der Waals surface area contributed by atoms with Crippen LogP contribution in [0.15, 0.2) is 48.5 Å². The minimum absolute atomic E-state index is 0.00508. The SMILES string of the molecule is C[SiH](C)CC[SiH](CCCNc1nc(Nc2ccc(C(=O)OC3CCCCC3)cc2)nc(Nc2ccc(C(=O)OC3CCCCC3)cc2)n1)O[Si](C)(C)C. The van der Waals surface area contributed by atoms with E-state index in [-0.39, 0.29) is 24.1 Å². The molecule has 0 aliphatic heterocycles. The third-order valence-corrected chi connectivity index (χ3v) is 18.0. The van der Waals surface area contributed by atoms with Gasteiger partial charge in [0.2, 0.25) is 17.8 Å². The fourth-order valence-corrected chi connectivity index (χ4v) is 16.9. The first-order valence-corrected chi connectivity index (χ1v) is 28.5. The molecule has 2 saturated carbocycles. The first-order chi connectivity index (χ1) is 25.5. The zero-order valence-electron chi connectivity index (χ0n) is 32.4. The first kappa shape index (κ1) is 40.6. The highest BCUT2D eigenvalue weighted by Crippen LogP contribution is 2.25. The summed E-state index contributed by atoms with van der Waals surface area (Å²) in [4.78, 5) is 39.6.